The summed E-state index contributed by atoms with van der Waals surface area (Å²) in [6.07, 6.45) is -1.22. The number of esters is 1. The van der Waals surface area contributed by atoms with Gasteiger partial charge < -0.3 is 9.84 Å². The first-order valence-electron chi connectivity index (χ1n) is 10.5. The predicted octanol–water partition coefficient (Wildman–Crippen LogP) is 2.11. The Morgan fingerprint density at radius 2 is 2.03 bits per heavy atom. The van der Waals surface area contributed by atoms with E-state index >= 15 is 0 Å². The second kappa shape index (κ2) is 10.9. The maximum Gasteiger partial charge on any atom is 0.339 e. The number of hydroxylamine groups is 1. The number of hydrogen-bond donors (Lipinski definition) is 3. The highest BCUT2D eigenvalue weighted by Gasteiger charge is 2.36. The molecule has 1 saturated heterocycles. The highest BCUT2D eigenvalue weighted by Crippen LogP contribution is 2.26. The van der Waals surface area contributed by atoms with Crippen molar-refractivity contribution < 1.29 is 33.5 Å². The van der Waals surface area contributed by atoms with Crippen molar-refractivity contribution in [3.05, 3.63) is 58.9 Å². The van der Waals surface area contributed by atoms with Crippen molar-refractivity contribution in [2.24, 2.45) is 0 Å². The van der Waals surface area contributed by atoms with Gasteiger partial charge in [0.2, 0.25) is 5.91 Å². The lowest BCUT2D eigenvalue weighted by atomic mass is 10.0. The van der Waals surface area contributed by atoms with Gasteiger partial charge in [0.05, 0.1) is 19.6 Å². The van der Waals surface area contributed by atoms with Gasteiger partial charge in [0.1, 0.15) is 5.82 Å². The Hall–Kier alpha value is -3.05. The second-order valence-corrected chi connectivity index (χ2v) is 8.42. The van der Waals surface area contributed by atoms with E-state index in [4.69, 9.17) is 21.2 Å². The third-order valence-electron chi connectivity index (χ3n) is 5.03. The summed E-state index contributed by atoms with van der Waals surface area (Å²) in [5, 5.41) is 12.3. The number of ether oxygens (including phenoxy) is 1. The van der Waals surface area contributed by atoms with E-state index in [-0.39, 0.29) is 26.1 Å². The molecule has 0 bridgehead atoms. The Morgan fingerprint density at radius 1 is 1.32 bits per heavy atom. The molecule has 0 aliphatic carbocycles. The average Bonchev–Trinajstić information content (AvgIpc) is 3.22. The van der Waals surface area contributed by atoms with Crippen LogP contribution in [0.25, 0.3) is 11.1 Å². The first-order valence-corrected chi connectivity index (χ1v) is 10.9. The number of hydrazine groups is 1. The molecule has 1 unspecified atom stereocenters. The zero-order valence-corrected chi connectivity index (χ0v) is 19.4. The second-order valence-electron chi connectivity index (χ2n) is 7.98. The van der Waals surface area contributed by atoms with Crippen LogP contribution in [0.4, 0.5) is 4.39 Å². The van der Waals surface area contributed by atoms with E-state index in [2.05, 4.69) is 10.9 Å². The molecule has 1 heterocycles. The van der Waals surface area contributed by atoms with Gasteiger partial charge in [-0.3, -0.25) is 19.9 Å². The third kappa shape index (κ3) is 6.51. The van der Waals surface area contributed by atoms with Gasteiger partial charge in [0, 0.05) is 17.1 Å². The van der Waals surface area contributed by atoms with Crippen LogP contribution in [0, 0.1) is 5.82 Å². The van der Waals surface area contributed by atoms with E-state index in [0.717, 1.165) is 0 Å². The van der Waals surface area contributed by atoms with Crippen molar-refractivity contribution in [2.45, 2.75) is 38.5 Å². The lowest BCUT2D eigenvalue weighted by molar-refractivity contribution is -0.167. The Morgan fingerprint density at radius 3 is 2.65 bits per heavy atom. The first-order chi connectivity index (χ1) is 16.1. The molecule has 1 aliphatic rings. The Kier molecular flexibility index (Phi) is 8.21. The summed E-state index contributed by atoms with van der Waals surface area (Å²) in [7, 11) is 0. The smallest absolute Gasteiger partial charge is 0.339 e. The zero-order valence-electron chi connectivity index (χ0n) is 18.6. The van der Waals surface area contributed by atoms with Crippen LogP contribution in [-0.2, 0) is 30.5 Å². The lowest BCUT2D eigenvalue weighted by Gasteiger charge is -2.30. The van der Waals surface area contributed by atoms with Gasteiger partial charge in [-0.25, -0.2) is 19.7 Å². The largest absolute Gasteiger partial charge is 0.464 e. The fourth-order valence-electron chi connectivity index (χ4n) is 3.35. The molecule has 2 aromatic carbocycles. The normalized spacial score (nSPS) is 17.2. The SMILES string of the molecule is CCOC(=O)[C@](C)(O)CN(Cc1ccc(-c2cc(Cl)ccc2F)cc1)NC(=O)C1CC(=O)NO1. The van der Waals surface area contributed by atoms with Crippen LogP contribution in [-0.4, -0.2) is 52.8 Å². The number of rotatable bonds is 9. The van der Waals surface area contributed by atoms with Gasteiger partial charge in [-0.05, 0) is 43.2 Å². The van der Waals surface area contributed by atoms with Crippen molar-refractivity contribution >= 4 is 29.4 Å². The molecule has 0 saturated carbocycles. The topological polar surface area (TPSA) is 117 Å². The number of amides is 2. The molecule has 1 aliphatic heterocycles. The molecule has 34 heavy (non-hydrogen) atoms. The minimum atomic E-state index is -1.93. The summed E-state index contributed by atoms with van der Waals surface area (Å²) in [4.78, 5) is 41.0. The van der Waals surface area contributed by atoms with Gasteiger partial charge in [-0.15, -0.1) is 0 Å². The number of hydrogen-bond acceptors (Lipinski definition) is 7. The van der Waals surface area contributed by atoms with Crippen molar-refractivity contribution in [2.75, 3.05) is 13.2 Å². The Balaban J connectivity index is 1.78. The highest BCUT2D eigenvalue weighted by atomic mass is 35.5. The quantitative estimate of drug-likeness (QED) is 0.362. The van der Waals surface area contributed by atoms with Crippen molar-refractivity contribution in [3.63, 3.8) is 0 Å². The lowest BCUT2D eigenvalue weighted by Crippen LogP contribution is -2.54. The van der Waals surface area contributed by atoms with Crippen LogP contribution in [0.3, 0.4) is 0 Å². The zero-order chi connectivity index (χ0) is 24.9. The summed E-state index contributed by atoms with van der Waals surface area (Å²) < 4.78 is 19.1. The standard InChI is InChI=1S/C23H25ClFN3O6/c1-3-33-22(31)23(2,32)13-28(26-21(30)19-11-20(29)27-34-19)12-14-4-6-15(7-5-14)17-10-16(24)8-9-18(17)25/h4-10,19,32H,3,11-13H2,1-2H3,(H,26,30)(H,27,29)/t19?,23-/m1/s1. The molecule has 11 heteroatoms. The average molecular weight is 494 g/mol. The molecule has 0 radical (unpaired) electrons. The fourth-order valence-corrected chi connectivity index (χ4v) is 3.52. The highest BCUT2D eigenvalue weighted by molar-refractivity contribution is 6.30. The van der Waals surface area contributed by atoms with E-state index in [1.165, 1.54) is 30.1 Å². The summed E-state index contributed by atoms with van der Waals surface area (Å²) in [6.45, 7) is 2.72. The summed E-state index contributed by atoms with van der Waals surface area (Å²) in [5.74, 6) is -2.34. The molecular weight excluding hydrogens is 469 g/mol. The van der Waals surface area contributed by atoms with Crippen LogP contribution in [0.15, 0.2) is 42.5 Å². The molecule has 0 spiro atoms. The van der Waals surface area contributed by atoms with Crippen LogP contribution < -0.4 is 10.9 Å². The maximum atomic E-state index is 14.2. The summed E-state index contributed by atoms with van der Waals surface area (Å²) >= 11 is 5.98. The molecule has 182 valence electrons. The van der Waals surface area contributed by atoms with E-state index in [1.807, 2.05) is 0 Å². The number of aliphatic hydroxyl groups is 1. The molecule has 3 rings (SSSR count). The number of nitrogens with one attached hydrogen (secondary N) is 2. The van der Waals surface area contributed by atoms with Crippen LogP contribution in [0.1, 0.15) is 25.8 Å². The van der Waals surface area contributed by atoms with Gasteiger partial charge in [0.25, 0.3) is 5.91 Å². The van der Waals surface area contributed by atoms with Crippen molar-refractivity contribution in [1.29, 1.82) is 0 Å². The molecule has 3 N–H and O–H groups in total. The molecular formula is C23H25ClFN3O6. The van der Waals surface area contributed by atoms with E-state index < -0.39 is 35.3 Å². The number of carbonyl (C=O) groups is 3. The number of carbonyl (C=O) groups excluding carboxylic acids is 3. The van der Waals surface area contributed by atoms with Gasteiger partial charge in [0.15, 0.2) is 11.7 Å². The van der Waals surface area contributed by atoms with Crippen LogP contribution >= 0.6 is 11.6 Å². The van der Waals surface area contributed by atoms with Crippen LogP contribution in [0.5, 0.6) is 0 Å². The van der Waals surface area contributed by atoms with E-state index in [9.17, 15) is 23.9 Å². The monoisotopic (exact) mass is 493 g/mol. The van der Waals surface area contributed by atoms with Crippen molar-refractivity contribution in [1.82, 2.24) is 15.9 Å². The molecule has 2 amide bonds. The van der Waals surface area contributed by atoms with Crippen molar-refractivity contribution in [3.8, 4) is 11.1 Å². The number of nitrogens with zero attached hydrogens (tertiary/aromatic N) is 1. The molecule has 2 aromatic rings. The summed E-state index contributed by atoms with van der Waals surface area (Å²) in [5.41, 5.74) is 4.37. The van der Waals surface area contributed by atoms with Crippen LogP contribution in [0.2, 0.25) is 5.02 Å². The Labute approximate surface area is 200 Å². The molecule has 2 atom stereocenters. The maximum absolute atomic E-state index is 14.2. The van der Waals surface area contributed by atoms with Gasteiger partial charge >= 0.3 is 5.97 Å². The van der Waals surface area contributed by atoms with Gasteiger partial charge in [-0.2, -0.15) is 0 Å². The summed E-state index contributed by atoms with van der Waals surface area (Å²) in [6, 6.07) is 11.1. The van der Waals surface area contributed by atoms with E-state index in [1.54, 1.807) is 31.2 Å². The van der Waals surface area contributed by atoms with Gasteiger partial charge in [-0.1, -0.05) is 35.9 Å². The first kappa shape index (κ1) is 25.6. The minimum Gasteiger partial charge on any atom is -0.464 e. The predicted molar refractivity (Wildman–Crippen MR) is 120 cm³/mol. The molecule has 0 aromatic heterocycles. The molecule has 1 fully saturated rings. The number of benzene rings is 2. The Bertz CT molecular complexity index is 1060. The third-order valence-corrected chi connectivity index (χ3v) is 5.26. The van der Waals surface area contributed by atoms with E-state index in [0.29, 0.717) is 21.7 Å². The molecule has 9 nitrogen and oxygen atoms in total. The minimum absolute atomic E-state index is 0.0760. The fraction of sp³-hybridized carbons (Fsp3) is 0.348. The number of halogens is 2.